The van der Waals surface area contributed by atoms with Crippen LogP contribution >= 0.6 is 0 Å². The number of fused-ring (bicyclic) bond motifs is 5. The van der Waals surface area contributed by atoms with Crippen LogP contribution < -0.4 is 0 Å². The second-order valence-corrected chi connectivity index (χ2v) is 12.3. The van der Waals surface area contributed by atoms with Crippen LogP contribution in [-0.2, 0) is 0 Å². The van der Waals surface area contributed by atoms with Crippen molar-refractivity contribution in [3.8, 4) is 0 Å². The van der Waals surface area contributed by atoms with Crippen LogP contribution in [0.1, 0.15) is 98.8 Å². The third kappa shape index (κ3) is 3.55. The summed E-state index contributed by atoms with van der Waals surface area (Å²) in [5.74, 6) is 4.95. The van der Waals surface area contributed by atoms with E-state index >= 15 is 0 Å². The van der Waals surface area contributed by atoms with E-state index in [9.17, 15) is 10.2 Å². The van der Waals surface area contributed by atoms with E-state index in [1.807, 2.05) is 0 Å². The average Bonchev–Trinajstić information content (AvgIpc) is 3.02. The Balaban J connectivity index is 1.51. The average molecular weight is 403 g/mol. The van der Waals surface area contributed by atoms with Gasteiger partial charge in [-0.2, -0.15) is 0 Å². The molecule has 0 amide bonds. The molecule has 2 N–H and O–H groups in total. The Morgan fingerprint density at radius 1 is 0.966 bits per heavy atom. The van der Waals surface area contributed by atoms with Crippen molar-refractivity contribution >= 4 is 0 Å². The molecule has 0 aromatic carbocycles. The normalized spacial score (nSPS) is 47.9. The van der Waals surface area contributed by atoms with Gasteiger partial charge in [0.05, 0.1) is 6.10 Å². The lowest BCUT2D eigenvalue weighted by Gasteiger charge is -2.59. The van der Waals surface area contributed by atoms with Crippen LogP contribution in [0.2, 0.25) is 0 Å². The molecule has 4 aliphatic carbocycles. The summed E-state index contributed by atoms with van der Waals surface area (Å²) in [5, 5.41) is 20.9. The molecule has 0 saturated heterocycles. The van der Waals surface area contributed by atoms with E-state index in [-0.39, 0.29) is 5.41 Å². The maximum Gasteiger partial charge on any atom is 0.101 e. The van der Waals surface area contributed by atoms with E-state index in [0.29, 0.717) is 11.3 Å². The molecule has 9 atom stereocenters. The first-order valence-electron chi connectivity index (χ1n) is 12.7. The molecule has 4 unspecified atom stereocenters. The molecule has 2 nitrogen and oxygen atoms in total. The molecule has 4 aliphatic rings. The number of hydrogen-bond acceptors (Lipinski definition) is 2. The summed E-state index contributed by atoms with van der Waals surface area (Å²) >= 11 is 0. The maximum absolute atomic E-state index is 10.7. The molecule has 0 radical (unpaired) electrons. The molecular formula is C27H46O2. The Bertz CT molecular complexity index is 624. The van der Waals surface area contributed by atoms with E-state index in [1.165, 1.54) is 50.5 Å². The fourth-order valence-electron chi connectivity index (χ4n) is 8.74. The van der Waals surface area contributed by atoms with Gasteiger partial charge in [-0.3, -0.25) is 0 Å². The summed E-state index contributed by atoms with van der Waals surface area (Å²) in [6, 6.07) is 0. The van der Waals surface area contributed by atoms with Crippen LogP contribution in [0.25, 0.3) is 0 Å². The van der Waals surface area contributed by atoms with Gasteiger partial charge in [0.1, 0.15) is 6.10 Å². The van der Waals surface area contributed by atoms with E-state index < -0.39 is 12.2 Å². The number of rotatable bonds is 5. The van der Waals surface area contributed by atoms with Gasteiger partial charge in [-0.05, 0) is 96.9 Å². The number of aliphatic hydroxyl groups excluding tert-OH is 2. The highest BCUT2D eigenvalue weighted by molar-refractivity contribution is 5.29. The van der Waals surface area contributed by atoms with Crippen molar-refractivity contribution in [3.63, 3.8) is 0 Å². The minimum Gasteiger partial charge on any atom is -0.390 e. The summed E-state index contributed by atoms with van der Waals surface area (Å²) in [5.41, 5.74) is 1.81. The predicted molar refractivity (Wildman–Crippen MR) is 120 cm³/mol. The van der Waals surface area contributed by atoms with Crippen molar-refractivity contribution in [3.05, 3.63) is 11.6 Å². The molecule has 2 heteroatoms. The molecule has 4 rings (SSSR count). The zero-order valence-corrected chi connectivity index (χ0v) is 19.7. The SMILES string of the molecule is CC(C)CCCC(C)C1CCC2[C@@H]3CC=C4[C@@H](O)[C@@H](O)CC[C@]4(C)C3CC[C@]12C. The number of aliphatic hydroxyl groups is 2. The van der Waals surface area contributed by atoms with Crippen LogP contribution in [-0.4, -0.2) is 22.4 Å². The first-order chi connectivity index (χ1) is 13.7. The van der Waals surface area contributed by atoms with Gasteiger partial charge in [-0.1, -0.05) is 60.0 Å². The summed E-state index contributed by atoms with van der Waals surface area (Å²) in [4.78, 5) is 0. The monoisotopic (exact) mass is 402 g/mol. The largest absolute Gasteiger partial charge is 0.390 e. The highest BCUT2D eigenvalue weighted by Gasteiger charge is 2.60. The smallest absolute Gasteiger partial charge is 0.101 e. The van der Waals surface area contributed by atoms with E-state index in [1.54, 1.807) is 0 Å². The van der Waals surface area contributed by atoms with Crippen molar-refractivity contribution in [2.75, 3.05) is 0 Å². The molecular weight excluding hydrogens is 356 g/mol. The molecule has 166 valence electrons. The van der Waals surface area contributed by atoms with Crippen LogP contribution in [0.3, 0.4) is 0 Å². The van der Waals surface area contributed by atoms with Crippen molar-refractivity contribution in [2.24, 2.45) is 46.3 Å². The van der Waals surface area contributed by atoms with Gasteiger partial charge in [-0.15, -0.1) is 0 Å². The Hall–Kier alpha value is -0.340. The molecule has 0 aliphatic heterocycles. The van der Waals surface area contributed by atoms with Crippen LogP contribution in [0.4, 0.5) is 0 Å². The molecule has 0 aromatic heterocycles. The quantitative estimate of drug-likeness (QED) is 0.525. The molecule has 0 aromatic rings. The predicted octanol–water partition coefficient (Wildman–Crippen LogP) is 6.36. The van der Waals surface area contributed by atoms with Gasteiger partial charge in [-0.25, -0.2) is 0 Å². The molecule has 3 saturated carbocycles. The van der Waals surface area contributed by atoms with Gasteiger partial charge in [0.15, 0.2) is 0 Å². The molecule has 29 heavy (non-hydrogen) atoms. The lowest BCUT2D eigenvalue weighted by atomic mass is 9.46. The van der Waals surface area contributed by atoms with E-state index in [4.69, 9.17) is 0 Å². The number of hydrogen-bond donors (Lipinski definition) is 2. The topological polar surface area (TPSA) is 40.5 Å². The fraction of sp³-hybridized carbons (Fsp3) is 0.926. The van der Waals surface area contributed by atoms with Crippen LogP contribution in [0.15, 0.2) is 11.6 Å². The summed E-state index contributed by atoms with van der Waals surface area (Å²) in [6.07, 6.45) is 13.9. The zero-order chi connectivity index (χ0) is 21.0. The van der Waals surface area contributed by atoms with E-state index in [0.717, 1.165) is 48.9 Å². The Labute approximate surface area is 179 Å². The second-order valence-electron chi connectivity index (χ2n) is 12.3. The summed E-state index contributed by atoms with van der Waals surface area (Å²) in [6.45, 7) is 12.3. The van der Waals surface area contributed by atoms with Crippen molar-refractivity contribution in [1.82, 2.24) is 0 Å². The van der Waals surface area contributed by atoms with Gasteiger partial charge >= 0.3 is 0 Å². The second kappa shape index (κ2) is 7.97. The molecule has 3 fully saturated rings. The van der Waals surface area contributed by atoms with Crippen molar-refractivity contribution < 1.29 is 10.2 Å². The maximum atomic E-state index is 10.7. The van der Waals surface area contributed by atoms with E-state index in [2.05, 4.69) is 40.7 Å². The minimum atomic E-state index is -0.625. The molecule has 0 spiro atoms. The lowest BCUT2D eigenvalue weighted by Crippen LogP contribution is -2.53. The van der Waals surface area contributed by atoms with Gasteiger partial charge in [0.25, 0.3) is 0 Å². The van der Waals surface area contributed by atoms with Crippen LogP contribution in [0, 0.1) is 46.3 Å². The summed E-state index contributed by atoms with van der Waals surface area (Å²) < 4.78 is 0. The van der Waals surface area contributed by atoms with Gasteiger partial charge in [0.2, 0.25) is 0 Å². The number of allylic oxidation sites excluding steroid dienone is 1. The Morgan fingerprint density at radius 3 is 2.45 bits per heavy atom. The first-order valence-corrected chi connectivity index (χ1v) is 12.7. The van der Waals surface area contributed by atoms with Crippen LogP contribution in [0.5, 0.6) is 0 Å². The van der Waals surface area contributed by atoms with Gasteiger partial charge in [0, 0.05) is 0 Å². The summed E-state index contributed by atoms with van der Waals surface area (Å²) in [7, 11) is 0. The first kappa shape index (κ1) is 21.9. The molecule has 0 heterocycles. The highest BCUT2D eigenvalue weighted by Crippen LogP contribution is 2.67. The Kier molecular flexibility index (Phi) is 6.01. The third-order valence-electron chi connectivity index (χ3n) is 10.4. The lowest BCUT2D eigenvalue weighted by molar-refractivity contribution is -0.0801. The fourth-order valence-corrected chi connectivity index (χ4v) is 8.74. The van der Waals surface area contributed by atoms with Gasteiger partial charge < -0.3 is 10.2 Å². The highest BCUT2D eigenvalue weighted by atomic mass is 16.3. The standard InChI is InChI=1S/C27H46O2/c1-17(2)7-6-8-18(3)20-11-12-21-19-9-10-23-25(29)24(28)14-16-27(23,5)22(19)13-15-26(20,21)4/h10,17-22,24-25,28-29H,6-9,11-16H2,1-5H3/t18?,19-,20?,21?,22?,24-,25+,26+,27+/m0/s1. The zero-order valence-electron chi connectivity index (χ0n) is 19.7. The third-order valence-corrected chi connectivity index (χ3v) is 10.4. The Morgan fingerprint density at radius 2 is 1.72 bits per heavy atom. The minimum absolute atomic E-state index is 0.115. The van der Waals surface area contributed by atoms with Crippen molar-refractivity contribution in [1.29, 1.82) is 0 Å². The molecule has 0 bridgehead atoms. The van der Waals surface area contributed by atoms with Crippen molar-refractivity contribution in [2.45, 2.75) is 111 Å².